The maximum Gasteiger partial charge on any atom is 0.0708 e. The average Bonchev–Trinajstić information content (AvgIpc) is 3.35. The number of aromatic nitrogens is 3. The van der Waals surface area contributed by atoms with Crippen molar-refractivity contribution < 1.29 is 0 Å². The molecule has 10 rings (SSSR count). The molecule has 3 nitrogen and oxygen atoms in total. The van der Waals surface area contributed by atoms with Crippen molar-refractivity contribution in [3.05, 3.63) is 237 Å². The minimum Gasteiger partial charge on any atom is -0.256 e. The number of rotatable bonds is 9. The molecule has 0 spiro atoms. The standard InChI is InChI=1S/C57H39N3/c1-4-16-52(55-19-7-10-34-58-55)49(13-1)43-28-22-40(23-29-43)46-37-47(41-24-30-44(31-25-41)50-14-2-5-17-53(50)56-20-8-11-35-59-56)39-48(38-46)42-26-32-45(33-27-42)51-15-3-6-18-54(51)57-21-9-12-36-60-57/h1-39H. The normalized spacial score (nSPS) is 11.0. The van der Waals surface area contributed by atoms with Gasteiger partial charge in [0.2, 0.25) is 0 Å². The van der Waals surface area contributed by atoms with Gasteiger partial charge in [-0.15, -0.1) is 0 Å². The molecule has 0 atom stereocenters. The Morgan fingerprint density at radius 1 is 0.183 bits per heavy atom. The van der Waals surface area contributed by atoms with Gasteiger partial charge in [-0.25, -0.2) is 0 Å². The summed E-state index contributed by atoms with van der Waals surface area (Å²) in [6.45, 7) is 0. The van der Waals surface area contributed by atoms with Gasteiger partial charge in [-0.2, -0.15) is 0 Å². The summed E-state index contributed by atoms with van der Waals surface area (Å²) in [5.74, 6) is 0. The molecule has 0 amide bonds. The minimum absolute atomic E-state index is 0.965. The zero-order chi connectivity index (χ0) is 40.1. The van der Waals surface area contributed by atoms with Gasteiger partial charge in [0.05, 0.1) is 17.1 Å². The van der Waals surface area contributed by atoms with E-state index in [1.54, 1.807) is 0 Å². The fourth-order valence-electron chi connectivity index (χ4n) is 8.10. The first kappa shape index (κ1) is 36.3. The molecule has 7 aromatic carbocycles. The molecule has 0 fully saturated rings. The fraction of sp³-hybridized carbons (Fsp3) is 0. The van der Waals surface area contributed by atoms with Crippen LogP contribution in [0.1, 0.15) is 0 Å². The number of nitrogens with zero attached hydrogens (tertiary/aromatic N) is 3. The molecule has 3 heteroatoms. The van der Waals surface area contributed by atoms with Crippen LogP contribution >= 0.6 is 0 Å². The van der Waals surface area contributed by atoms with Crippen molar-refractivity contribution in [3.8, 4) is 101 Å². The van der Waals surface area contributed by atoms with Gasteiger partial charge >= 0.3 is 0 Å². The van der Waals surface area contributed by atoms with E-state index in [0.717, 1.165) is 101 Å². The van der Waals surface area contributed by atoms with Crippen LogP contribution < -0.4 is 0 Å². The number of pyridine rings is 3. The first-order chi connectivity index (χ1) is 29.7. The van der Waals surface area contributed by atoms with Crippen LogP contribution in [0, 0.1) is 0 Å². The van der Waals surface area contributed by atoms with Crippen molar-refractivity contribution in [1.82, 2.24) is 15.0 Å². The Bertz CT molecular complexity index is 2690. The van der Waals surface area contributed by atoms with Gasteiger partial charge < -0.3 is 0 Å². The van der Waals surface area contributed by atoms with Crippen molar-refractivity contribution >= 4 is 0 Å². The van der Waals surface area contributed by atoms with Crippen molar-refractivity contribution in [2.24, 2.45) is 0 Å². The van der Waals surface area contributed by atoms with E-state index in [1.165, 1.54) is 0 Å². The summed E-state index contributed by atoms with van der Waals surface area (Å²) >= 11 is 0. The first-order valence-electron chi connectivity index (χ1n) is 20.2. The van der Waals surface area contributed by atoms with Crippen LogP contribution in [0.4, 0.5) is 0 Å². The molecule has 3 heterocycles. The van der Waals surface area contributed by atoms with Crippen LogP contribution in [0.5, 0.6) is 0 Å². The van der Waals surface area contributed by atoms with E-state index >= 15 is 0 Å². The lowest BCUT2D eigenvalue weighted by molar-refractivity contribution is 1.33. The van der Waals surface area contributed by atoms with Gasteiger partial charge in [0.1, 0.15) is 0 Å². The van der Waals surface area contributed by atoms with Crippen LogP contribution in [0.2, 0.25) is 0 Å². The SMILES string of the molecule is c1ccc(-c2ccccc2-c2ccc(-c3cc(-c4ccc(-c5ccccc5-c5ccccn5)cc4)cc(-c4ccc(-c5ccccc5-c5ccccn5)cc4)c3)cc2)nc1. The van der Waals surface area contributed by atoms with E-state index in [-0.39, 0.29) is 0 Å². The van der Waals surface area contributed by atoms with Crippen molar-refractivity contribution in [2.45, 2.75) is 0 Å². The second-order valence-corrected chi connectivity index (χ2v) is 14.8. The molecule has 0 bridgehead atoms. The predicted molar refractivity (Wildman–Crippen MR) is 249 cm³/mol. The van der Waals surface area contributed by atoms with Crippen molar-refractivity contribution in [1.29, 1.82) is 0 Å². The Balaban J connectivity index is 1.04. The molecule has 282 valence electrons. The van der Waals surface area contributed by atoms with Gasteiger partial charge in [0.25, 0.3) is 0 Å². The van der Waals surface area contributed by atoms with Crippen LogP contribution in [-0.4, -0.2) is 15.0 Å². The van der Waals surface area contributed by atoms with E-state index in [1.807, 2.05) is 55.0 Å². The Morgan fingerprint density at radius 2 is 0.417 bits per heavy atom. The van der Waals surface area contributed by atoms with E-state index in [0.29, 0.717) is 0 Å². The summed E-state index contributed by atoms with van der Waals surface area (Å²) in [4.78, 5) is 14.0. The molecule has 3 aromatic heterocycles. The average molecular weight is 766 g/mol. The van der Waals surface area contributed by atoms with E-state index in [9.17, 15) is 0 Å². The second kappa shape index (κ2) is 16.5. The minimum atomic E-state index is 0.965. The largest absolute Gasteiger partial charge is 0.256 e. The molecule has 0 saturated carbocycles. The molecule has 0 aliphatic rings. The monoisotopic (exact) mass is 765 g/mol. The van der Waals surface area contributed by atoms with Crippen LogP contribution in [0.25, 0.3) is 101 Å². The summed E-state index contributed by atoms with van der Waals surface area (Å²) in [6.07, 6.45) is 5.55. The summed E-state index contributed by atoms with van der Waals surface area (Å²) in [5.41, 5.74) is 20.1. The van der Waals surface area contributed by atoms with E-state index in [4.69, 9.17) is 0 Å². The molecule has 0 saturated heterocycles. The number of hydrogen-bond donors (Lipinski definition) is 0. The van der Waals surface area contributed by atoms with Crippen LogP contribution in [0.15, 0.2) is 237 Å². The van der Waals surface area contributed by atoms with Gasteiger partial charge in [-0.1, -0.05) is 164 Å². The quantitative estimate of drug-likeness (QED) is 0.147. The van der Waals surface area contributed by atoms with Crippen LogP contribution in [-0.2, 0) is 0 Å². The third-order valence-corrected chi connectivity index (χ3v) is 11.1. The molecule has 10 aromatic rings. The molecule has 60 heavy (non-hydrogen) atoms. The third-order valence-electron chi connectivity index (χ3n) is 11.1. The topological polar surface area (TPSA) is 38.7 Å². The molecule has 0 aliphatic carbocycles. The maximum absolute atomic E-state index is 4.65. The molecule has 0 aliphatic heterocycles. The first-order valence-corrected chi connectivity index (χ1v) is 20.2. The van der Waals surface area contributed by atoms with Gasteiger partial charge in [-0.05, 0) is 121 Å². The summed E-state index contributed by atoms with van der Waals surface area (Å²) in [7, 11) is 0. The maximum atomic E-state index is 4.65. The molecular formula is C57H39N3. The highest BCUT2D eigenvalue weighted by molar-refractivity contribution is 5.88. The zero-order valence-electron chi connectivity index (χ0n) is 32.9. The highest BCUT2D eigenvalue weighted by Crippen LogP contribution is 2.39. The predicted octanol–water partition coefficient (Wildman–Crippen LogP) is 14.9. The zero-order valence-corrected chi connectivity index (χ0v) is 32.9. The summed E-state index contributed by atoms with van der Waals surface area (Å²) < 4.78 is 0. The van der Waals surface area contributed by atoms with Crippen LogP contribution in [0.3, 0.4) is 0 Å². The highest BCUT2D eigenvalue weighted by atomic mass is 14.7. The Kier molecular flexibility index (Phi) is 9.97. The molecule has 0 unspecified atom stereocenters. The molecular weight excluding hydrogens is 727 g/mol. The Morgan fingerprint density at radius 3 is 0.667 bits per heavy atom. The molecule has 0 N–H and O–H groups in total. The van der Waals surface area contributed by atoms with E-state index < -0.39 is 0 Å². The summed E-state index contributed by atoms with van der Waals surface area (Å²) in [5, 5.41) is 0. The fourth-order valence-corrected chi connectivity index (χ4v) is 8.10. The second-order valence-electron chi connectivity index (χ2n) is 14.8. The Labute approximate surface area is 351 Å². The number of benzene rings is 7. The highest BCUT2D eigenvalue weighted by Gasteiger charge is 2.14. The van der Waals surface area contributed by atoms with Crippen molar-refractivity contribution in [3.63, 3.8) is 0 Å². The lowest BCUT2D eigenvalue weighted by atomic mass is 9.90. The van der Waals surface area contributed by atoms with E-state index in [2.05, 4.69) is 197 Å². The lowest BCUT2D eigenvalue weighted by Gasteiger charge is -2.14. The smallest absolute Gasteiger partial charge is 0.0708 e. The third kappa shape index (κ3) is 7.44. The van der Waals surface area contributed by atoms with Gasteiger partial charge in [0.15, 0.2) is 0 Å². The lowest BCUT2D eigenvalue weighted by Crippen LogP contribution is -1.90. The van der Waals surface area contributed by atoms with Gasteiger partial charge in [-0.3, -0.25) is 15.0 Å². The number of hydrogen-bond acceptors (Lipinski definition) is 3. The Hall–Kier alpha value is -8.01. The summed E-state index contributed by atoms with van der Waals surface area (Å²) in [6, 6.07) is 77.4. The van der Waals surface area contributed by atoms with Gasteiger partial charge in [0, 0.05) is 35.3 Å². The molecule has 0 radical (unpaired) electrons. The van der Waals surface area contributed by atoms with Crippen molar-refractivity contribution in [2.75, 3.05) is 0 Å².